The van der Waals surface area contributed by atoms with Crippen molar-refractivity contribution in [1.29, 1.82) is 0 Å². The van der Waals surface area contributed by atoms with Gasteiger partial charge < -0.3 is 14.7 Å². The number of halogens is 1. The van der Waals surface area contributed by atoms with E-state index in [9.17, 15) is 4.79 Å². The molecule has 5 heteroatoms. The summed E-state index contributed by atoms with van der Waals surface area (Å²) in [7, 11) is 3.46. The smallest absolute Gasteiger partial charge is 0.307 e. The first-order chi connectivity index (χ1) is 8.43. The highest BCUT2D eigenvalue weighted by Crippen LogP contribution is 2.23. The molecular weight excluding hydrogens is 254 g/mol. The summed E-state index contributed by atoms with van der Waals surface area (Å²) in [6.45, 7) is 2.78. The summed E-state index contributed by atoms with van der Waals surface area (Å²) < 4.78 is 5.08. The van der Waals surface area contributed by atoms with Gasteiger partial charge in [-0.25, -0.2) is 0 Å². The van der Waals surface area contributed by atoms with Crippen molar-refractivity contribution in [3.8, 4) is 5.75 Å². The average molecular weight is 272 g/mol. The minimum Gasteiger partial charge on any atom is -0.497 e. The second-order valence-corrected chi connectivity index (χ2v) is 4.80. The molecule has 0 heterocycles. The predicted molar refractivity (Wildman–Crippen MR) is 71.1 cm³/mol. The number of aliphatic carboxylic acids is 1. The topological polar surface area (TPSA) is 49.8 Å². The van der Waals surface area contributed by atoms with Crippen LogP contribution in [0.3, 0.4) is 0 Å². The Kier molecular flexibility index (Phi) is 5.44. The molecule has 0 aliphatic rings. The van der Waals surface area contributed by atoms with E-state index in [4.69, 9.17) is 21.4 Å². The quantitative estimate of drug-likeness (QED) is 0.864. The minimum absolute atomic E-state index is 0.396. The second-order valence-electron chi connectivity index (χ2n) is 4.39. The summed E-state index contributed by atoms with van der Waals surface area (Å²) in [5.41, 5.74) is 0.956. The van der Waals surface area contributed by atoms with Gasteiger partial charge in [0.05, 0.1) is 13.0 Å². The summed E-state index contributed by atoms with van der Waals surface area (Å²) in [6.07, 6.45) is 0. The highest BCUT2D eigenvalue weighted by molar-refractivity contribution is 6.31. The summed E-state index contributed by atoms with van der Waals surface area (Å²) in [4.78, 5) is 12.7. The van der Waals surface area contributed by atoms with Gasteiger partial charge in [0.2, 0.25) is 0 Å². The van der Waals surface area contributed by atoms with Crippen LogP contribution in [0.15, 0.2) is 18.2 Å². The molecule has 0 spiro atoms. The van der Waals surface area contributed by atoms with Gasteiger partial charge in [0.25, 0.3) is 0 Å². The average Bonchev–Trinajstić information content (AvgIpc) is 2.31. The Hall–Kier alpha value is -1.26. The van der Waals surface area contributed by atoms with Crippen molar-refractivity contribution in [2.75, 3.05) is 20.7 Å². The van der Waals surface area contributed by atoms with E-state index in [0.29, 0.717) is 23.9 Å². The van der Waals surface area contributed by atoms with Crippen LogP contribution in [0.1, 0.15) is 12.5 Å². The molecule has 0 radical (unpaired) electrons. The molecule has 0 amide bonds. The van der Waals surface area contributed by atoms with E-state index in [1.807, 2.05) is 24.1 Å². The maximum atomic E-state index is 10.8. The Morgan fingerprint density at radius 3 is 2.72 bits per heavy atom. The SMILES string of the molecule is COc1ccc(CN(C)CC(C)C(=O)O)c(Cl)c1. The van der Waals surface area contributed by atoms with Crippen molar-refractivity contribution in [2.45, 2.75) is 13.5 Å². The monoisotopic (exact) mass is 271 g/mol. The molecule has 0 saturated heterocycles. The molecule has 0 saturated carbocycles. The van der Waals surface area contributed by atoms with Crippen LogP contribution >= 0.6 is 11.6 Å². The lowest BCUT2D eigenvalue weighted by molar-refractivity contribution is -0.141. The Morgan fingerprint density at radius 2 is 2.22 bits per heavy atom. The van der Waals surface area contributed by atoms with Crippen molar-refractivity contribution in [1.82, 2.24) is 4.90 Å². The van der Waals surface area contributed by atoms with Crippen molar-refractivity contribution in [3.63, 3.8) is 0 Å². The molecule has 1 aromatic rings. The Bertz CT molecular complexity index is 423. The zero-order chi connectivity index (χ0) is 13.7. The Labute approximate surface area is 112 Å². The molecular formula is C13H18ClNO3. The zero-order valence-corrected chi connectivity index (χ0v) is 11.6. The van der Waals surface area contributed by atoms with E-state index in [1.165, 1.54) is 0 Å². The van der Waals surface area contributed by atoms with E-state index in [1.54, 1.807) is 20.1 Å². The molecule has 1 aromatic carbocycles. The Morgan fingerprint density at radius 1 is 1.56 bits per heavy atom. The number of rotatable bonds is 6. The van der Waals surface area contributed by atoms with E-state index in [0.717, 1.165) is 5.56 Å². The van der Waals surface area contributed by atoms with Gasteiger partial charge in [-0.15, -0.1) is 0 Å². The molecule has 18 heavy (non-hydrogen) atoms. The summed E-state index contributed by atoms with van der Waals surface area (Å²) in [5, 5.41) is 9.48. The highest BCUT2D eigenvalue weighted by atomic mass is 35.5. The standard InChI is InChI=1S/C13H18ClNO3/c1-9(13(16)17)7-15(2)8-10-4-5-11(18-3)6-12(10)14/h4-6,9H,7-8H2,1-3H3,(H,16,17). The number of benzene rings is 1. The van der Waals surface area contributed by atoms with Crippen molar-refractivity contribution >= 4 is 17.6 Å². The van der Waals surface area contributed by atoms with Crippen LogP contribution in [0.2, 0.25) is 5.02 Å². The molecule has 0 aromatic heterocycles. The summed E-state index contributed by atoms with van der Waals surface area (Å²) in [6, 6.07) is 5.49. The maximum absolute atomic E-state index is 10.8. The normalized spacial score (nSPS) is 12.5. The van der Waals surface area contributed by atoms with E-state index >= 15 is 0 Å². The largest absolute Gasteiger partial charge is 0.497 e. The van der Waals surface area contributed by atoms with Gasteiger partial charge >= 0.3 is 5.97 Å². The number of carboxylic acid groups (broad SMARTS) is 1. The van der Waals surface area contributed by atoms with Crippen molar-refractivity contribution in [3.05, 3.63) is 28.8 Å². The molecule has 0 aliphatic carbocycles. The zero-order valence-electron chi connectivity index (χ0n) is 10.8. The number of hydrogen-bond acceptors (Lipinski definition) is 3. The fraction of sp³-hybridized carbons (Fsp3) is 0.462. The number of ether oxygens (including phenoxy) is 1. The van der Waals surface area contributed by atoms with Gasteiger partial charge in [-0.2, -0.15) is 0 Å². The maximum Gasteiger partial charge on any atom is 0.307 e. The lowest BCUT2D eigenvalue weighted by atomic mass is 10.1. The summed E-state index contributed by atoms with van der Waals surface area (Å²) in [5.74, 6) is -0.472. The molecule has 1 N–H and O–H groups in total. The van der Waals surface area contributed by atoms with Crippen molar-refractivity contribution < 1.29 is 14.6 Å². The fourth-order valence-corrected chi connectivity index (χ4v) is 1.91. The van der Waals surface area contributed by atoms with Crippen LogP contribution in [-0.2, 0) is 11.3 Å². The lowest BCUT2D eigenvalue weighted by Gasteiger charge is -2.19. The predicted octanol–water partition coefficient (Wildman–Crippen LogP) is 2.50. The first-order valence-electron chi connectivity index (χ1n) is 5.67. The highest BCUT2D eigenvalue weighted by Gasteiger charge is 2.14. The molecule has 1 unspecified atom stereocenters. The van der Waals surface area contributed by atoms with Gasteiger partial charge in [-0.3, -0.25) is 4.79 Å². The molecule has 0 aliphatic heterocycles. The number of methoxy groups -OCH3 is 1. The lowest BCUT2D eigenvalue weighted by Crippen LogP contribution is -2.28. The van der Waals surface area contributed by atoms with Crippen LogP contribution < -0.4 is 4.74 Å². The molecule has 0 fully saturated rings. The van der Waals surface area contributed by atoms with Gasteiger partial charge in [-0.1, -0.05) is 24.6 Å². The third kappa shape index (κ3) is 4.20. The number of nitrogens with zero attached hydrogens (tertiary/aromatic N) is 1. The molecule has 1 atom stereocenters. The molecule has 1 rings (SSSR count). The van der Waals surface area contributed by atoms with E-state index in [2.05, 4.69) is 0 Å². The van der Waals surface area contributed by atoms with E-state index in [-0.39, 0.29) is 0 Å². The molecule has 4 nitrogen and oxygen atoms in total. The van der Waals surface area contributed by atoms with E-state index < -0.39 is 11.9 Å². The number of hydrogen-bond donors (Lipinski definition) is 1. The molecule has 100 valence electrons. The number of carboxylic acids is 1. The first-order valence-corrected chi connectivity index (χ1v) is 6.05. The molecule has 0 bridgehead atoms. The summed E-state index contributed by atoms with van der Waals surface area (Å²) >= 11 is 6.13. The van der Waals surface area contributed by atoms with Gasteiger partial charge in [-0.05, 0) is 24.7 Å². The van der Waals surface area contributed by atoms with Crippen LogP contribution in [0.5, 0.6) is 5.75 Å². The van der Waals surface area contributed by atoms with Gasteiger partial charge in [0.15, 0.2) is 0 Å². The minimum atomic E-state index is -0.789. The van der Waals surface area contributed by atoms with Gasteiger partial charge in [0.1, 0.15) is 5.75 Å². The van der Waals surface area contributed by atoms with Crippen molar-refractivity contribution in [2.24, 2.45) is 5.92 Å². The first kappa shape index (κ1) is 14.8. The third-order valence-corrected chi connectivity index (χ3v) is 3.06. The van der Waals surface area contributed by atoms with Gasteiger partial charge in [0, 0.05) is 18.1 Å². The Balaban J connectivity index is 2.64. The number of carbonyl (C=O) groups is 1. The second kappa shape index (κ2) is 6.61. The van der Waals surface area contributed by atoms with Crippen LogP contribution in [0.25, 0.3) is 0 Å². The van der Waals surface area contributed by atoms with Crippen LogP contribution in [-0.4, -0.2) is 36.7 Å². The van der Waals surface area contributed by atoms with Crippen LogP contribution in [0.4, 0.5) is 0 Å². The third-order valence-electron chi connectivity index (χ3n) is 2.71. The van der Waals surface area contributed by atoms with Crippen LogP contribution in [0, 0.1) is 5.92 Å². The fourth-order valence-electron chi connectivity index (χ4n) is 1.68.